The van der Waals surface area contributed by atoms with Gasteiger partial charge in [0.05, 0.1) is 50.7 Å². The third kappa shape index (κ3) is 4.19. The number of halogens is 5. The lowest BCUT2D eigenvalue weighted by molar-refractivity contribution is -0.179. The van der Waals surface area contributed by atoms with Crippen LogP contribution in [0.15, 0.2) is 30.3 Å². The van der Waals surface area contributed by atoms with Gasteiger partial charge < -0.3 is 19.3 Å². The molecule has 8 nitrogen and oxygen atoms in total. The van der Waals surface area contributed by atoms with Gasteiger partial charge in [-0.3, -0.25) is 9.47 Å². The topological polar surface area (TPSA) is 58.9 Å². The van der Waals surface area contributed by atoms with Crippen molar-refractivity contribution in [2.45, 2.75) is 19.0 Å². The first-order valence-electron chi connectivity index (χ1n) is 13.1. The molecule has 0 amide bonds. The first kappa shape index (κ1) is 25.8. The molecule has 3 saturated heterocycles. The minimum absolute atomic E-state index is 0.00494. The van der Waals surface area contributed by atoms with Crippen LogP contribution in [0.1, 0.15) is 11.4 Å². The molecule has 0 atom stereocenters. The minimum atomic E-state index is -2.89. The summed E-state index contributed by atoms with van der Waals surface area (Å²) < 4.78 is 70.2. The fourth-order valence-corrected chi connectivity index (χ4v) is 6.43. The van der Waals surface area contributed by atoms with Gasteiger partial charge in [0, 0.05) is 55.3 Å². The zero-order valence-electron chi connectivity index (χ0n) is 21.7. The summed E-state index contributed by atoms with van der Waals surface area (Å²) in [6.07, 6.45) is 0. The van der Waals surface area contributed by atoms with E-state index in [1.165, 1.54) is 13.2 Å². The van der Waals surface area contributed by atoms with Crippen LogP contribution in [0.2, 0.25) is 5.02 Å². The van der Waals surface area contributed by atoms with Crippen molar-refractivity contribution in [3.63, 3.8) is 0 Å². The number of fused-ring (bicyclic) bond motifs is 3. The Balaban J connectivity index is 1.11. The van der Waals surface area contributed by atoms with Gasteiger partial charge in [-0.2, -0.15) is 0 Å². The molecule has 1 aromatic heterocycles. The molecule has 0 radical (unpaired) electrons. The predicted octanol–water partition coefficient (Wildman–Crippen LogP) is 4.13. The Morgan fingerprint density at radius 1 is 1.00 bits per heavy atom. The number of hydrogen-bond acceptors (Lipinski definition) is 7. The van der Waals surface area contributed by atoms with Crippen LogP contribution in [0.5, 0.6) is 5.75 Å². The molecule has 3 aromatic rings. The molecule has 0 saturated carbocycles. The molecule has 3 fully saturated rings. The molecular weight excluding hydrogens is 552 g/mol. The second kappa shape index (κ2) is 9.22. The van der Waals surface area contributed by atoms with Crippen LogP contribution in [-0.2, 0) is 17.8 Å². The predicted molar refractivity (Wildman–Crippen MR) is 140 cm³/mol. The van der Waals surface area contributed by atoms with Crippen molar-refractivity contribution in [3.8, 4) is 11.4 Å². The monoisotopic (exact) mass is 578 g/mol. The fraction of sp³-hybridized carbons (Fsp3) is 0.481. The lowest BCUT2D eigenvalue weighted by atomic mass is 9.72. The Bertz CT molecular complexity index is 1470. The van der Waals surface area contributed by atoms with Crippen LogP contribution in [0, 0.1) is 23.0 Å². The standard InChI is InChI=1S/C27H27ClF4N6O2/c1-39-23-6-22(19(29)5-20(23)30)36-11-26(12-36)13-37(14-26)25-34-33-24-8-35(15-27(31,32)17-9-40-10-17)7-16-4-18(28)2-3-21(16)38(24)25/h2-6,17H,7-15H2,1H3. The van der Waals surface area contributed by atoms with Crippen LogP contribution in [-0.4, -0.2) is 78.6 Å². The molecule has 5 heterocycles. The summed E-state index contributed by atoms with van der Waals surface area (Å²) in [6, 6.07) is 7.69. The van der Waals surface area contributed by atoms with Gasteiger partial charge in [-0.15, -0.1) is 10.2 Å². The average molecular weight is 579 g/mol. The molecule has 0 aliphatic carbocycles. The Hall–Kier alpha value is -3.09. The van der Waals surface area contributed by atoms with Gasteiger partial charge in [0.2, 0.25) is 5.95 Å². The van der Waals surface area contributed by atoms with Crippen molar-refractivity contribution in [2.24, 2.45) is 11.3 Å². The maximum atomic E-state index is 14.9. The van der Waals surface area contributed by atoms with E-state index in [2.05, 4.69) is 15.1 Å². The first-order valence-corrected chi connectivity index (χ1v) is 13.5. The minimum Gasteiger partial charge on any atom is -0.494 e. The van der Waals surface area contributed by atoms with E-state index < -0.39 is 30.0 Å². The van der Waals surface area contributed by atoms with E-state index in [1.54, 1.807) is 17.0 Å². The van der Waals surface area contributed by atoms with Gasteiger partial charge in [0.25, 0.3) is 5.92 Å². The highest BCUT2D eigenvalue weighted by Crippen LogP contribution is 2.46. The summed E-state index contributed by atoms with van der Waals surface area (Å²) in [7, 11) is 1.35. The van der Waals surface area contributed by atoms with Crippen LogP contribution >= 0.6 is 11.6 Å². The van der Waals surface area contributed by atoms with Crippen molar-refractivity contribution in [1.29, 1.82) is 0 Å². The van der Waals surface area contributed by atoms with Gasteiger partial charge in [-0.25, -0.2) is 17.6 Å². The summed E-state index contributed by atoms with van der Waals surface area (Å²) >= 11 is 6.31. The Morgan fingerprint density at radius 2 is 1.75 bits per heavy atom. The van der Waals surface area contributed by atoms with Gasteiger partial charge in [-0.1, -0.05) is 11.6 Å². The van der Waals surface area contributed by atoms with E-state index in [0.29, 0.717) is 55.2 Å². The molecular formula is C27H27ClF4N6O2. The normalized spacial score (nSPS) is 20.4. The maximum absolute atomic E-state index is 14.9. The third-order valence-electron chi connectivity index (χ3n) is 8.37. The Morgan fingerprint density at radius 3 is 2.45 bits per heavy atom. The number of methoxy groups -OCH3 is 1. The second-order valence-corrected chi connectivity index (χ2v) is 11.8. The number of aromatic nitrogens is 3. The van der Waals surface area contributed by atoms with E-state index in [4.69, 9.17) is 21.1 Å². The highest BCUT2D eigenvalue weighted by atomic mass is 35.5. The number of rotatable bonds is 6. The summed E-state index contributed by atoms with van der Waals surface area (Å²) in [5.41, 5.74) is 1.88. The van der Waals surface area contributed by atoms with E-state index in [0.717, 1.165) is 17.3 Å². The van der Waals surface area contributed by atoms with Crippen LogP contribution < -0.4 is 14.5 Å². The Labute approximate surface area is 233 Å². The molecule has 0 unspecified atom stereocenters. The summed E-state index contributed by atoms with van der Waals surface area (Å²) in [5.74, 6) is -3.81. The highest BCUT2D eigenvalue weighted by molar-refractivity contribution is 6.30. The zero-order chi connectivity index (χ0) is 27.8. The Kier molecular flexibility index (Phi) is 5.96. The molecule has 1 spiro atoms. The second-order valence-electron chi connectivity index (χ2n) is 11.3. The van der Waals surface area contributed by atoms with Crippen LogP contribution in [0.4, 0.5) is 29.2 Å². The lowest BCUT2D eigenvalue weighted by Crippen LogP contribution is -2.73. The van der Waals surface area contributed by atoms with Crippen molar-refractivity contribution < 1.29 is 27.0 Å². The first-order chi connectivity index (χ1) is 19.1. The van der Waals surface area contributed by atoms with Crippen LogP contribution in [0.25, 0.3) is 5.69 Å². The molecule has 4 aliphatic rings. The summed E-state index contributed by atoms with van der Waals surface area (Å²) in [4.78, 5) is 5.67. The van der Waals surface area contributed by atoms with Crippen molar-refractivity contribution in [3.05, 3.63) is 58.4 Å². The third-order valence-corrected chi connectivity index (χ3v) is 8.61. The molecule has 40 heavy (non-hydrogen) atoms. The number of ether oxygens (including phenoxy) is 2. The highest BCUT2D eigenvalue weighted by Gasteiger charge is 2.54. The number of hydrogen-bond donors (Lipinski definition) is 0. The van der Waals surface area contributed by atoms with Gasteiger partial charge in [0.1, 0.15) is 5.82 Å². The molecule has 212 valence electrons. The van der Waals surface area contributed by atoms with Gasteiger partial charge in [-0.05, 0) is 23.8 Å². The number of benzene rings is 2. The van der Waals surface area contributed by atoms with Crippen molar-refractivity contribution >= 4 is 23.2 Å². The van der Waals surface area contributed by atoms with E-state index in [-0.39, 0.29) is 30.9 Å². The number of anilines is 2. The summed E-state index contributed by atoms with van der Waals surface area (Å²) in [5, 5.41) is 9.40. The SMILES string of the molecule is COc1cc(N2CC3(C2)CN(c2nnc4n2-c2ccc(Cl)cc2CN(CC(F)(F)C2COC2)C4)C3)c(F)cc1F. The molecule has 0 bridgehead atoms. The van der Waals surface area contributed by atoms with Crippen molar-refractivity contribution in [1.82, 2.24) is 19.7 Å². The quantitative estimate of drug-likeness (QED) is 0.408. The average Bonchev–Trinajstić information content (AvgIpc) is 3.12. The lowest BCUT2D eigenvalue weighted by Gasteiger charge is -2.61. The molecule has 2 aromatic carbocycles. The smallest absolute Gasteiger partial charge is 0.267 e. The van der Waals surface area contributed by atoms with Crippen LogP contribution in [0.3, 0.4) is 0 Å². The molecule has 13 heteroatoms. The zero-order valence-corrected chi connectivity index (χ0v) is 22.5. The van der Waals surface area contributed by atoms with Crippen molar-refractivity contribution in [2.75, 3.05) is 62.8 Å². The van der Waals surface area contributed by atoms with Gasteiger partial charge in [0.15, 0.2) is 17.4 Å². The molecule has 7 rings (SSSR count). The fourth-order valence-electron chi connectivity index (χ4n) is 6.23. The van der Waals surface area contributed by atoms with Gasteiger partial charge >= 0.3 is 0 Å². The summed E-state index contributed by atoms with van der Waals surface area (Å²) in [6.45, 7) is 2.79. The van der Waals surface area contributed by atoms with E-state index >= 15 is 0 Å². The number of nitrogens with zero attached hydrogens (tertiary/aromatic N) is 6. The molecule has 4 aliphatic heterocycles. The van der Waals surface area contributed by atoms with E-state index in [9.17, 15) is 17.6 Å². The number of alkyl halides is 2. The van der Waals surface area contributed by atoms with E-state index in [1.807, 2.05) is 15.5 Å². The largest absolute Gasteiger partial charge is 0.494 e. The molecule has 0 N–H and O–H groups in total. The maximum Gasteiger partial charge on any atom is 0.267 e.